The van der Waals surface area contributed by atoms with Crippen molar-refractivity contribution in [3.63, 3.8) is 0 Å². The number of ether oxygens (including phenoxy) is 1. The molecule has 0 amide bonds. The van der Waals surface area contributed by atoms with Crippen molar-refractivity contribution in [3.8, 4) is 0 Å². The largest absolute Gasteiger partial charge is 0.380 e. The number of methoxy groups -OCH3 is 1. The Kier molecular flexibility index (Phi) is 6.02. The van der Waals surface area contributed by atoms with Crippen LogP contribution in [0.15, 0.2) is 24.3 Å². The van der Waals surface area contributed by atoms with Crippen LogP contribution in [0.4, 0.5) is 0 Å². The van der Waals surface area contributed by atoms with Gasteiger partial charge in [-0.05, 0) is 49.5 Å². The molecular weight excluding hydrogens is 248 g/mol. The fourth-order valence-corrected chi connectivity index (χ4v) is 3.48. The van der Waals surface area contributed by atoms with Crippen LogP contribution >= 0.6 is 0 Å². The Bertz CT molecular complexity index is 394. The molecule has 1 fully saturated rings. The van der Waals surface area contributed by atoms with E-state index in [1.54, 1.807) is 7.11 Å². The Morgan fingerprint density at radius 3 is 2.80 bits per heavy atom. The summed E-state index contributed by atoms with van der Waals surface area (Å²) in [6.45, 7) is 5.97. The molecule has 1 aliphatic heterocycles. The SMILES string of the molecule is CCN1CCCCC(CN)C1c1ccccc1COC. The van der Waals surface area contributed by atoms with E-state index in [4.69, 9.17) is 10.5 Å². The highest BCUT2D eigenvalue weighted by atomic mass is 16.5. The van der Waals surface area contributed by atoms with Crippen LogP contribution in [-0.4, -0.2) is 31.6 Å². The smallest absolute Gasteiger partial charge is 0.0716 e. The van der Waals surface area contributed by atoms with Crippen LogP contribution in [0.5, 0.6) is 0 Å². The first kappa shape index (κ1) is 15.5. The molecule has 1 aromatic carbocycles. The predicted molar refractivity (Wildman–Crippen MR) is 83.5 cm³/mol. The van der Waals surface area contributed by atoms with Crippen molar-refractivity contribution in [2.75, 3.05) is 26.7 Å². The second-order valence-electron chi connectivity index (χ2n) is 5.70. The zero-order chi connectivity index (χ0) is 14.4. The van der Waals surface area contributed by atoms with Crippen LogP contribution < -0.4 is 5.73 Å². The maximum absolute atomic E-state index is 6.08. The molecule has 2 unspecified atom stereocenters. The Morgan fingerprint density at radius 1 is 1.30 bits per heavy atom. The van der Waals surface area contributed by atoms with Crippen molar-refractivity contribution < 1.29 is 4.74 Å². The minimum atomic E-state index is 0.443. The minimum Gasteiger partial charge on any atom is -0.380 e. The summed E-state index contributed by atoms with van der Waals surface area (Å²) in [5, 5.41) is 0. The summed E-state index contributed by atoms with van der Waals surface area (Å²) in [4.78, 5) is 2.60. The van der Waals surface area contributed by atoms with Crippen molar-refractivity contribution in [1.29, 1.82) is 0 Å². The maximum atomic E-state index is 6.08. The van der Waals surface area contributed by atoms with Crippen molar-refractivity contribution >= 4 is 0 Å². The number of rotatable bonds is 5. The van der Waals surface area contributed by atoms with E-state index in [0.717, 1.165) is 13.1 Å². The standard InChI is InChI=1S/C17H28N2O/c1-3-19-11-7-6-8-14(12-18)17(19)16-10-5-4-9-15(16)13-20-2/h4-5,9-10,14,17H,3,6-8,11-13,18H2,1-2H3. The second kappa shape index (κ2) is 7.77. The number of benzene rings is 1. The topological polar surface area (TPSA) is 38.5 Å². The third-order valence-electron chi connectivity index (χ3n) is 4.49. The average molecular weight is 276 g/mol. The predicted octanol–water partition coefficient (Wildman–Crippen LogP) is 2.95. The Morgan fingerprint density at radius 2 is 2.10 bits per heavy atom. The molecule has 2 N–H and O–H groups in total. The van der Waals surface area contributed by atoms with Crippen molar-refractivity contribution in [1.82, 2.24) is 4.90 Å². The van der Waals surface area contributed by atoms with Gasteiger partial charge in [0.05, 0.1) is 6.61 Å². The van der Waals surface area contributed by atoms with Crippen LogP contribution in [0.2, 0.25) is 0 Å². The first-order valence-corrected chi connectivity index (χ1v) is 7.82. The number of nitrogens with zero attached hydrogens (tertiary/aromatic N) is 1. The van der Waals surface area contributed by atoms with Gasteiger partial charge in [-0.25, -0.2) is 0 Å². The average Bonchev–Trinajstić information content (AvgIpc) is 2.69. The van der Waals surface area contributed by atoms with Gasteiger partial charge in [-0.1, -0.05) is 37.6 Å². The van der Waals surface area contributed by atoms with E-state index in [1.807, 2.05) is 0 Å². The fourth-order valence-electron chi connectivity index (χ4n) is 3.48. The molecule has 2 atom stereocenters. The van der Waals surface area contributed by atoms with Crippen LogP contribution in [-0.2, 0) is 11.3 Å². The number of hydrogen-bond acceptors (Lipinski definition) is 3. The lowest BCUT2D eigenvalue weighted by molar-refractivity contribution is 0.155. The molecule has 0 aliphatic carbocycles. The summed E-state index contributed by atoms with van der Waals surface area (Å²) < 4.78 is 5.38. The molecule has 1 aliphatic rings. The Hall–Kier alpha value is -0.900. The van der Waals surface area contributed by atoms with E-state index in [2.05, 4.69) is 36.1 Å². The highest BCUT2D eigenvalue weighted by Gasteiger charge is 2.30. The van der Waals surface area contributed by atoms with Crippen molar-refractivity contribution in [2.24, 2.45) is 11.7 Å². The molecular formula is C17H28N2O. The molecule has 1 saturated heterocycles. The van der Waals surface area contributed by atoms with Crippen LogP contribution in [0, 0.1) is 5.92 Å². The molecule has 0 aromatic heterocycles. The highest BCUT2D eigenvalue weighted by Crippen LogP contribution is 2.36. The van der Waals surface area contributed by atoms with Gasteiger partial charge < -0.3 is 10.5 Å². The summed E-state index contributed by atoms with van der Waals surface area (Å²) in [5.41, 5.74) is 8.80. The first-order chi connectivity index (χ1) is 9.81. The van der Waals surface area contributed by atoms with E-state index in [0.29, 0.717) is 18.6 Å². The normalized spacial score (nSPS) is 24.6. The summed E-state index contributed by atoms with van der Waals surface area (Å²) in [5.74, 6) is 0.551. The summed E-state index contributed by atoms with van der Waals surface area (Å²) in [7, 11) is 1.77. The van der Waals surface area contributed by atoms with Crippen molar-refractivity contribution in [3.05, 3.63) is 35.4 Å². The molecule has 1 heterocycles. The molecule has 0 spiro atoms. The quantitative estimate of drug-likeness (QED) is 0.898. The first-order valence-electron chi connectivity index (χ1n) is 7.82. The van der Waals surface area contributed by atoms with Gasteiger partial charge >= 0.3 is 0 Å². The molecule has 20 heavy (non-hydrogen) atoms. The zero-order valence-electron chi connectivity index (χ0n) is 12.8. The molecule has 2 rings (SSSR count). The van der Waals surface area contributed by atoms with Gasteiger partial charge in [-0.15, -0.1) is 0 Å². The Balaban J connectivity index is 2.37. The van der Waals surface area contributed by atoms with Gasteiger partial charge in [-0.3, -0.25) is 4.90 Å². The van der Waals surface area contributed by atoms with Gasteiger partial charge in [0.15, 0.2) is 0 Å². The highest BCUT2D eigenvalue weighted by molar-refractivity contribution is 5.30. The molecule has 3 nitrogen and oxygen atoms in total. The fraction of sp³-hybridized carbons (Fsp3) is 0.647. The summed E-state index contributed by atoms with van der Waals surface area (Å²) >= 11 is 0. The molecule has 0 saturated carbocycles. The molecule has 0 radical (unpaired) electrons. The molecule has 0 bridgehead atoms. The minimum absolute atomic E-state index is 0.443. The van der Waals surface area contributed by atoms with Gasteiger partial charge in [-0.2, -0.15) is 0 Å². The molecule has 3 heteroatoms. The number of hydrogen-bond donors (Lipinski definition) is 1. The van der Waals surface area contributed by atoms with Gasteiger partial charge in [0.2, 0.25) is 0 Å². The lowest BCUT2D eigenvalue weighted by Crippen LogP contribution is -2.36. The third kappa shape index (κ3) is 3.40. The van der Waals surface area contributed by atoms with Crippen LogP contribution in [0.1, 0.15) is 43.4 Å². The maximum Gasteiger partial charge on any atom is 0.0716 e. The van der Waals surface area contributed by atoms with Gasteiger partial charge in [0.25, 0.3) is 0 Å². The third-order valence-corrected chi connectivity index (χ3v) is 4.49. The second-order valence-corrected chi connectivity index (χ2v) is 5.70. The number of likely N-dealkylation sites (tertiary alicyclic amines) is 1. The number of nitrogens with two attached hydrogens (primary N) is 1. The summed E-state index contributed by atoms with van der Waals surface area (Å²) in [6, 6.07) is 9.13. The lowest BCUT2D eigenvalue weighted by atomic mass is 9.87. The van der Waals surface area contributed by atoms with Crippen LogP contribution in [0.3, 0.4) is 0 Å². The summed E-state index contributed by atoms with van der Waals surface area (Å²) in [6.07, 6.45) is 3.81. The van der Waals surface area contributed by atoms with Crippen molar-refractivity contribution in [2.45, 2.75) is 38.8 Å². The van der Waals surface area contributed by atoms with E-state index < -0.39 is 0 Å². The lowest BCUT2D eigenvalue weighted by Gasteiger charge is -2.35. The van der Waals surface area contributed by atoms with E-state index in [-0.39, 0.29) is 0 Å². The van der Waals surface area contributed by atoms with Crippen LogP contribution in [0.25, 0.3) is 0 Å². The van der Waals surface area contributed by atoms with E-state index >= 15 is 0 Å². The molecule has 112 valence electrons. The van der Waals surface area contributed by atoms with E-state index in [1.165, 1.54) is 36.9 Å². The van der Waals surface area contributed by atoms with Gasteiger partial charge in [0, 0.05) is 13.2 Å². The van der Waals surface area contributed by atoms with Gasteiger partial charge in [0.1, 0.15) is 0 Å². The molecule has 1 aromatic rings. The Labute approximate surface area is 123 Å². The zero-order valence-corrected chi connectivity index (χ0v) is 12.8. The van der Waals surface area contributed by atoms with E-state index in [9.17, 15) is 0 Å². The monoisotopic (exact) mass is 276 g/mol.